The Morgan fingerprint density at radius 1 is 1.25 bits per heavy atom. The number of hydrogen-bond donors (Lipinski definition) is 3. The highest BCUT2D eigenvalue weighted by molar-refractivity contribution is 5.86. The monoisotopic (exact) mass is 344 g/mol. The number of carboxylic acid groups (broad SMARTS) is 1. The van der Waals surface area contributed by atoms with Crippen LogP contribution in [0.4, 0.5) is 13.2 Å². The van der Waals surface area contributed by atoms with Crippen molar-refractivity contribution < 1.29 is 33.0 Å². The lowest BCUT2D eigenvalue weighted by Crippen LogP contribution is -2.43. The summed E-state index contributed by atoms with van der Waals surface area (Å²) in [6, 6.07) is 3.86. The minimum absolute atomic E-state index is 0.00559. The Kier molecular flexibility index (Phi) is 6.73. The second-order valence-corrected chi connectivity index (χ2v) is 4.97. The van der Waals surface area contributed by atoms with Gasteiger partial charge in [-0.15, -0.1) is 0 Å². The number of alkyl halides is 3. The predicted molar refractivity (Wildman–Crippen MR) is 75.4 cm³/mol. The number of benzene rings is 1. The topological polar surface area (TPSA) is 110 Å². The largest absolute Gasteiger partial charge is 0.480 e. The molecule has 2 atom stereocenters. The molecule has 0 unspecified atom stereocenters. The molecule has 0 aliphatic heterocycles. The van der Waals surface area contributed by atoms with Crippen LogP contribution in [0.2, 0.25) is 0 Å². The van der Waals surface area contributed by atoms with Crippen LogP contribution in [0.1, 0.15) is 36.5 Å². The first-order valence-corrected chi connectivity index (χ1v) is 6.92. The minimum atomic E-state index is -4.54. The molecular formula is C15H15F3N2O4. The average molecular weight is 344 g/mol. The third kappa shape index (κ3) is 5.55. The molecule has 0 fully saturated rings. The first-order chi connectivity index (χ1) is 11.2. The van der Waals surface area contributed by atoms with Crippen molar-refractivity contribution in [2.45, 2.75) is 37.6 Å². The van der Waals surface area contributed by atoms with Crippen LogP contribution in [0.15, 0.2) is 24.3 Å². The summed E-state index contributed by atoms with van der Waals surface area (Å²) in [5, 5.41) is 29.4. The quantitative estimate of drug-likeness (QED) is 0.655. The van der Waals surface area contributed by atoms with Crippen LogP contribution in [0.25, 0.3) is 0 Å². The van der Waals surface area contributed by atoms with Crippen LogP contribution >= 0.6 is 0 Å². The molecule has 0 spiro atoms. The number of aliphatic hydroxyl groups excluding tert-OH is 1. The molecule has 130 valence electrons. The van der Waals surface area contributed by atoms with Crippen LogP contribution in [0, 0.1) is 11.3 Å². The highest BCUT2D eigenvalue weighted by atomic mass is 19.4. The molecule has 1 aromatic rings. The molecule has 0 aliphatic rings. The third-order valence-electron chi connectivity index (χ3n) is 3.20. The van der Waals surface area contributed by atoms with E-state index in [4.69, 9.17) is 10.4 Å². The molecular weight excluding hydrogens is 329 g/mol. The van der Waals surface area contributed by atoms with Crippen molar-refractivity contribution in [3.8, 4) is 6.07 Å². The molecule has 0 aliphatic carbocycles. The summed E-state index contributed by atoms with van der Waals surface area (Å²) < 4.78 is 37.4. The first-order valence-electron chi connectivity index (χ1n) is 6.92. The number of unbranched alkanes of at least 4 members (excludes halogenated alkanes) is 1. The number of halogens is 3. The zero-order valence-corrected chi connectivity index (χ0v) is 12.4. The molecule has 6 nitrogen and oxygen atoms in total. The van der Waals surface area contributed by atoms with E-state index in [2.05, 4.69) is 5.32 Å². The Hall–Kier alpha value is -2.60. The van der Waals surface area contributed by atoms with Gasteiger partial charge >= 0.3 is 12.1 Å². The molecule has 24 heavy (non-hydrogen) atoms. The van der Waals surface area contributed by atoms with Crippen LogP contribution in [-0.4, -0.2) is 28.1 Å². The first kappa shape index (κ1) is 19.4. The molecule has 1 amide bonds. The Labute approximate surface area is 135 Å². The van der Waals surface area contributed by atoms with Crippen LogP contribution in [-0.2, 0) is 15.8 Å². The molecule has 0 radical (unpaired) electrons. The van der Waals surface area contributed by atoms with Gasteiger partial charge in [0.1, 0.15) is 6.04 Å². The second kappa shape index (κ2) is 8.31. The zero-order chi connectivity index (χ0) is 18.3. The summed E-state index contributed by atoms with van der Waals surface area (Å²) in [5.74, 6) is -2.37. The van der Waals surface area contributed by atoms with E-state index in [-0.39, 0.29) is 24.8 Å². The Bertz CT molecular complexity index is 623. The number of aliphatic hydroxyl groups is 1. The number of carbonyl (C=O) groups excluding carboxylic acids is 1. The van der Waals surface area contributed by atoms with E-state index in [1.165, 1.54) is 0 Å². The number of nitrogens with one attached hydrogen (secondary N) is 1. The fraction of sp³-hybridized carbons (Fsp3) is 0.400. The molecule has 0 heterocycles. The van der Waals surface area contributed by atoms with E-state index in [9.17, 15) is 27.9 Å². The molecule has 0 saturated heterocycles. The molecule has 1 rings (SSSR count). The van der Waals surface area contributed by atoms with Crippen molar-refractivity contribution >= 4 is 11.9 Å². The summed E-state index contributed by atoms with van der Waals surface area (Å²) in [7, 11) is 0. The maximum atomic E-state index is 12.5. The summed E-state index contributed by atoms with van der Waals surface area (Å²) in [6.07, 6.45) is -5.99. The van der Waals surface area contributed by atoms with Gasteiger partial charge in [-0.3, -0.25) is 4.79 Å². The van der Waals surface area contributed by atoms with Gasteiger partial charge in [0, 0.05) is 6.42 Å². The summed E-state index contributed by atoms with van der Waals surface area (Å²) in [4.78, 5) is 22.9. The lowest BCUT2D eigenvalue weighted by atomic mass is 10.0. The number of hydrogen-bond acceptors (Lipinski definition) is 4. The number of nitrogens with zero attached hydrogens (tertiary/aromatic N) is 1. The maximum Gasteiger partial charge on any atom is 0.416 e. The fourth-order valence-corrected chi connectivity index (χ4v) is 1.90. The maximum absolute atomic E-state index is 12.5. The van der Waals surface area contributed by atoms with E-state index in [1.54, 1.807) is 0 Å². The Morgan fingerprint density at radius 3 is 2.29 bits per heavy atom. The molecule has 0 saturated carbocycles. The van der Waals surface area contributed by atoms with Crippen molar-refractivity contribution in [3.05, 3.63) is 35.4 Å². The molecule has 3 N–H and O–H groups in total. The van der Waals surface area contributed by atoms with E-state index < -0.39 is 35.8 Å². The van der Waals surface area contributed by atoms with Gasteiger partial charge < -0.3 is 15.5 Å². The van der Waals surface area contributed by atoms with Gasteiger partial charge in [0.25, 0.3) is 5.91 Å². The average Bonchev–Trinajstić information content (AvgIpc) is 2.52. The van der Waals surface area contributed by atoms with Gasteiger partial charge in [-0.2, -0.15) is 18.4 Å². The van der Waals surface area contributed by atoms with Crippen LogP contribution < -0.4 is 5.32 Å². The van der Waals surface area contributed by atoms with Crippen molar-refractivity contribution in [2.24, 2.45) is 0 Å². The normalized spacial score (nSPS) is 13.6. The van der Waals surface area contributed by atoms with Crippen LogP contribution in [0.3, 0.4) is 0 Å². The van der Waals surface area contributed by atoms with Gasteiger partial charge in [0.2, 0.25) is 0 Å². The fourth-order valence-electron chi connectivity index (χ4n) is 1.90. The number of amides is 1. The van der Waals surface area contributed by atoms with Gasteiger partial charge in [-0.1, -0.05) is 12.1 Å². The Morgan fingerprint density at radius 2 is 1.83 bits per heavy atom. The van der Waals surface area contributed by atoms with E-state index in [1.807, 2.05) is 6.07 Å². The number of aliphatic carboxylic acids is 1. The standard InChI is InChI=1S/C15H15F3N2O4/c16-15(17,18)10-6-4-9(5-7-10)12(21)13(22)20-11(14(23)24)3-1-2-8-19/h4-7,11-12,21H,1-3H2,(H,20,22)(H,23,24)/t11-,12-/m0/s1. The SMILES string of the molecule is N#CCCC[C@H](NC(=O)[C@@H](O)c1ccc(C(F)(F)F)cc1)C(=O)O. The van der Waals surface area contributed by atoms with Gasteiger partial charge in [-0.05, 0) is 30.5 Å². The molecule has 1 aromatic carbocycles. The van der Waals surface area contributed by atoms with Crippen molar-refractivity contribution in [1.82, 2.24) is 5.32 Å². The highest BCUT2D eigenvalue weighted by Crippen LogP contribution is 2.29. The smallest absolute Gasteiger partial charge is 0.416 e. The number of carbonyl (C=O) groups is 2. The Balaban J connectivity index is 2.75. The highest BCUT2D eigenvalue weighted by Gasteiger charge is 2.31. The van der Waals surface area contributed by atoms with Crippen LogP contribution in [0.5, 0.6) is 0 Å². The zero-order valence-electron chi connectivity index (χ0n) is 12.4. The number of rotatable bonds is 7. The summed E-state index contributed by atoms with van der Waals surface area (Å²) in [6.45, 7) is 0. The predicted octanol–water partition coefficient (Wildman–Crippen LogP) is 2.00. The third-order valence-corrected chi connectivity index (χ3v) is 3.20. The summed E-state index contributed by atoms with van der Waals surface area (Å²) >= 11 is 0. The molecule has 9 heteroatoms. The van der Waals surface area contributed by atoms with Crippen molar-refractivity contribution in [1.29, 1.82) is 5.26 Å². The minimum Gasteiger partial charge on any atom is -0.480 e. The number of nitriles is 1. The lowest BCUT2D eigenvalue weighted by molar-refractivity contribution is -0.143. The molecule has 0 aromatic heterocycles. The van der Waals surface area contributed by atoms with E-state index in [0.717, 1.165) is 12.1 Å². The molecule has 0 bridgehead atoms. The van der Waals surface area contributed by atoms with E-state index in [0.29, 0.717) is 12.1 Å². The van der Waals surface area contributed by atoms with Gasteiger partial charge in [0.15, 0.2) is 6.10 Å². The van der Waals surface area contributed by atoms with Gasteiger partial charge in [-0.25, -0.2) is 4.79 Å². The van der Waals surface area contributed by atoms with E-state index >= 15 is 0 Å². The van der Waals surface area contributed by atoms with Gasteiger partial charge in [0.05, 0.1) is 11.6 Å². The second-order valence-electron chi connectivity index (χ2n) is 4.97. The number of carboxylic acids is 1. The lowest BCUT2D eigenvalue weighted by Gasteiger charge is -2.17. The van der Waals surface area contributed by atoms with Crippen molar-refractivity contribution in [3.63, 3.8) is 0 Å². The summed E-state index contributed by atoms with van der Waals surface area (Å²) in [5.41, 5.74) is -1.03. The van der Waals surface area contributed by atoms with Crippen molar-refractivity contribution in [2.75, 3.05) is 0 Å².